The summed E-state index contributed by atoms with van der Waals surface area (Å²) in [6, 6.07) is 12.4. The first-order chi connectivity index (χ1) is 10.5. The normalized spacial score (nSPS) is 10.1. The molecule has 4 nitrogen and oxygen atoms in total. The number of hydrogen-bond donors (Lipinski definition) is 1. The second-order valence-electron chi connectivity index (χ2n) is 4.62. The van der Waals surface area contributed by atoms with E-state index >= 15 is 0 Å². The molecule has 0 saturated heterocycles. The first-order valence-corrected chi connectivity index (χ1v) is 6.93. The predicted molar refractivity (Wildman–Crippen MR) is 84.5 cm³/mol. The molecule has 6 heteroatoms. The second kappa shape index (κ2) is 7.04. The standard InChI is InChI=1S/C16H14ClFN2O2/c1-11(21)20(15-8-3-2-7-14(15)18)10-16(22)19-13-6-4-5-12(17)9-13/h2-9H,10H2,1H3,(H,19,22). The first kappa shape index (κ1) is 16.0. The zero-order chi connectivity index (χ0) is 16.1. The lowest BCUT2D eigenvalue weighted by Crippen LogP contribution is -2.37. The van der Waals surface area contributed by atoms with Crippen LogP contribution < -0.4 is 10.2 Å². The molecule has 22 heavy (non-hydrogen) atoms. The number of amides is 2. The van der Waals surface area contributed by atoms with Crippen LogP contribution in [0.5, 0.6) is 0 Å². The zero-order valence-corrected chi connectivity index (χ0v) is 12.6. The van der Waals surface area contributed by atoms with Crippen LogP contribution in [0, 0.1) is 5.82 Å². The third-order valence-electron chi connectivity index (χ3n) is 2.93. The number of nitrogens with one attached hydrogen (secondary N) is 1. The summed E-state index contributed by atoms with van der Waals surface area (Å²) >= 11 is 5.84. The number of carbonyl (C=O) groups excluding carboxylic acids is 2. The summed E-state index contributed by atoms with van der Waals surface area (Å²) < 4.78 is 13.8. The van der Waals surface area contributed by atoms with Gasteiger partial charge in [-0.05, 0) is 30.3 Å². The number of benzene rings is 2. The Bertz CT molecular complexity index is 706. The van der Waals surface area contributed by atoms with E-state index in [0.717, 1.165) is 4.90 Å². The molecule has 2 aromatic rings. The SMILES string of the molecule is CC(=O)N(CC(=O)Nc1cccc(Cl)c1)c1ccccc1F. The summed E-state index contributed by atoms with van der Waals surface area (Å²) in [5.74, 6) is -1.43. The molecule has 2 amide bonds. The molecular formula is C16H14ClFN2O2. The van der Waals surface area contributed by atoms with Crippen molar-refractivity contribution in [3.8, 4) is 0 Å². The van der Waals surface area contributed by atoms with Gasteiger partial charge < -0.3 is 10.2 Å². The van der Waals surface area contributed by atoms with Crippen LogP contribution in [0.1, 0.15) is 6.92 Å². The molecule has 0 aliphatic heterocycles. The van der Waals surface area contributed by atoms with Gasteiger partial charge in [-0.2, -0.15) is 0 Å². The lowest BCUT2D eigenvalue weighted by molar-refractivity contribution is -0.120. The van der Waals surface area contributed by atoms with Gasteiger partial charge in [0, 0.05) is 17.6 Å². The second-order valence-corrected chi connectivity index (χ2v) is 5.05. The molecule has 2 rings (SSSR count). The largest absolute Gasteiger partial charge is 0.324 e. The molecule has 0 aliphatic carbocycles. The summed E-state index contributed by atoms with van der Waals surface area (Å²) in [6.45, 7) is 0.988. The molecule has 0 fully saturated rings. The Morgan fingerprint density at radius 1 is 1.18 bits per heavy atom. The summed E-state index contributed by atoms with van der Waals surface area (Å²) in [4.78, 5) is 24.8. The van der Waals surface area contributed by atoms with Crippen LogP contribution in [0.25, 0.3) is 0 Å². The van der Waals surface area contributed by atoms with E-state index in [1.807, 2.05) is 0 Å². The lowest BCUT2D eigenvalue weighted by atomic mass is 10.2. The Labute approximate surface area is 132 Å². The van der Waals surface area contributed by atoms with Crippen molar-refractivity contribution < 1.29 is 14.0 Å². The maximum absolute atomic E-state index is 13.8. The molecular weight excluding hydrogens is 307 g/mol. The third kappa shape index (κ3) is 4.05. The van der Waals surface area contributed by atoms with E-state index in [4.69, 9.17) is 11.6 Å². The van der Waals surface area contributed by atoms with Crippen molar-refractivity contribution >= 4 is 34.8 Å². The molecule has 1 N–H and O–H groups in total. The van der Waals surface area contributed by atoms with Gasteiger partial charge in [-0.1, -0.05) is 29.8 Å². The molecule has 0 atom stereocenters. The Morgan fingerprint density at radius 3 is 2.55 bits per heavy atom. The van der Waals surface area contributed by atoms with Crippen molar-refractivity contribution in [3.05, 3.63) is 59.4 Å². The number of para-hydroxylation sites is 1. The molecule has 0 radical (unpaired) electrons. The molecule has 2 aromatic carbocycles. The number of anilines is 2. The van der Waals surface area contributed by atoms with Crippen LogP contribution in [0.2, 0.25) is 5.02 Å². The van der Waals surface area contributed by atoms with Gasteiger partial charge >= 0.3 is 0 Å². The fourth-order valence-corrected chi connectivity index (χ4v) is 2.14. The summed E-state index contributed by atoms with van der Waals surface area (Å²) in [7, 11) is 0. The molecule has 0 heterocycles. The fraction of sp³-hybridized carbons (Fsp3) is 0.125. The van der Waals surface area contributed by atoms with Gasteiger partial charge in [0.15, 0.2) is 0 Å². The number of carbonyl (C=O) groups is 2. The molecule has 0 unspecified atom stereocenters. The number of hydrogen-bond acceptors (Lipinski definition) is 2. The van der Waals surface area contributed by atoms with Crippen molar-refractivity contribution in [1.82, 2.24) is 0 Å². The number of halogens is 2. The summed E-state index contributed by atoms with van der Waals surface area (Å²) in [5, 5.41) is 3.10. The van der Waals surface area contributed by atoms with E-state index in [1.54, 1.807) is 30.3 Å². The van der Waals surface area contributed by atoms with Gasteiger partial charge in [0.25, 0.3) is 0 Å². The molecule has 0 bridgehead atoms. The Kier molecular flexibility index (Phi) is 5.12. The van der Waals surface area contributed by atoms with Crippen LogP contribution in [0.4, 0.5) is 15.8 Å². The van der Waals surface area contributed by atoms with Crippen LogP contribution in [-0.4, -0.2) is 18.4 Å². The van der Waals surface area contributed by atoms with Gasteiger partial charge in [-0.3, -0.25) is 9.59 Å². The third-order valence-corrected chi connectivity index (χ3v) is 3.17. The highest BCUT2D eigenvalue weighted by Gasteiger charge is 2.18. The monoisotopic (exact) mass is 320 g/mol. The van der Waals surface area contributed by atoms with E-state index in [-0.39, 0.29) is 12.2 Å². The molecule has 0 saturated carbocycles. The molecule has 0 aliphatic rings. The highest BCUT2D eigenvalue weighted by molar-refractivity contribution is 6.30. The predicted octanol–water partition coefficient (Wildman–Crippen LogP) is 3.47. The average Bonchev–Trinajstić information content (AvgIpc) is 2.45. The van der Waals surface area contributed by atoms with Gasteiger partial charge in [-0.25, -0.2) is 4.39 Å². The maximum atomic E-state index is 13.8. The Balaban J connectivity index is 2.13. The van der Waals surface area contributed by atoms with E-state index in [0.29, 0.717) is 10.7 Å². The quantitative estimate of drug-likeness (QED) is 0.937. The lowest BCUT2D eigenvalue weighted by Gasteiger charge is -2.21. The molecule has 0 aromatic heterocycles. The van der Waals surface area contributed by atoms with Gasteiger partial charge in [0.05, 0.1) is 5.69 Å². The van der Waals surface area contributed by atoms with Gasteiger partial charge in [-0.15, -0.1) is 0 Å². The minimum atomic E-state index is -0.562. The number of nitrogens with zero attached hydrogens (tertiary/aromatic N) is 1. The van der Waals surface area contributed by atoms with Crippen molar-refractivity contribution in [3.63, 3.8) is 0 Å². The molecule has 114 valence electrons. The van der Waals surface area contributed by atoms with Crippen LogP contribution in [0.3, 0.4) is 0 Å². The summed E-state index contributed by atoms with van der Waals surface area (Å²) in [5.41, 5.74) is 0.575. The van der Waals surface area contributed by atoms with Crippen molar-refractivity contribution in [1.29, 1.82) is 0 Å². The maximum Gasteiger partial charge on any atom is 0.244 e. The smallest absolute Gasteiger partial charge is 0.244 e. The van der Waals surface area contributed by atoms with E-state index in [9.17, 15) is 14.0 Å². The van der Waals surface area contributed by atoms with E-state index in [2.05, 4.69) is 5.32 Å². The highest BCUT2D eigenvalue weighted by atomic mass is 35.5. The molecule has 0 spiro atoms. The van der Waals surface area contributed by atoms with Crippen molar-refractivity contribution in [2.24, 2.45) is 0 Å². The Hall–Kier alpha value is -2.40. The minimum Gasteiger partial charge on any atom is -0.324 e. The van der Waals surface area contributed by atoms with Crippen molar-refractivity contribution in [2.45, 2.75) is 6.92 Å². The van der Waals surface area contributed by atoms with Gasteiger partial charge in [0.2, 0.25) is 11.8 Å². The van der Waals surface area contributed by atoms with Crippen molar-refractivity contribution in [2.75, 3.05) is 16.8 Å². The average molecular weight is 321 g/mol. The van der Waals surface area contributed by atoms with E-state index < -0.39 is 17.6 Å². The van der Waals surface area contributed by atoms with Crippen LogP contribution in [0.15, 0.2) is 48.5 Å². The van der Waals surface area contributed by atoms with Crippen LogP contribution in [-0.2, 0) is 9.59 Å². The summed E-state index contributed by atoms with van der Waals surface area (Å²) in [6.07, 6.45) is 0. The topological polar surface area (TPSA) is 49.4 Å². The zero-order valence-electron chi connectivity index (χ0n) is 11.8. The highest BCUT2D eigenvalue weighted by Crippen LogP contribution is 2.19. The number of rotatable bonds is 4. The van der Waals surface area contributed by atoms with Crippen LogP contribution >= 0.6 is 11.6 Å². The Morgan fingerprint density at radius 2 is 1.91 bits per heavy atom. The van der Waals surface area contributed by atoms with E-state index in [1.165, 1.54) is 25.1 Å². The fourth-order valence-electron chi connectivity index (χ4n) is 1.95. The minimum absolute atomic E-state index is 0.0660. The van der Waals surface area contributed by atoms with Gasteiger partial charge in [0.1, 0.15) is 12.4 Å². The first-order valence-electron chi connectivity index (χ1n) is 6.55.